The molecule has 5 aliphatic rings. The number of hydrogen-bond donors (Lipinski definition) is 2. The Kier molecular flexibility index (Phi) is 23.6. The fourth-order valence-electron chi connectivity index (χ4n) is 11.4. The van der Waals surface area contributed by atoms with Crippen molar-refractivity contribution in [3.8, 4) is 0 Å². The van der Waals surface area contributed by atoms with Crippen molar-refractivity contribution in [2.45, 2.75) is 206 Å². The highest BCUT2D eigenvalue weighted by molar-refractivity contribution is 6.39. The largest absolute Gasteiger partial charge is 0.508 e. The Morgan fingerprint density at radius 2 is 1.59 bits per heavy atom. The second kappa shape index (κ2) is 28.7. The van der Waals surface area contributed by atoms with E-state index < -0.39 is 114 Å². The minimum absolute atomic E-state index is 0.00206. The highest BCUT2D eigenvalue weighted by Gasteiger charge is 2.53. The zero-order valence-electron chi connectivity index (χ0n) is 47.2. The number of esters is 1. The maximum atomic E-state index is 14.6. The normalized spacial score (nSPS) is 36.7. The Balaban J connectivity index is 1.41. The lowest BCUT2D eigenvalue weighted by molar-refractivity contribution is -0.265. The molecule has 0 spiro atoms. The number of cyclic esters (lactones) is 1. The predicted molar refractivity (Wildman–Crippen MR) is 280 cm³/mol. The summed E-state index contributed by atoms with van der Waals surface area (Å²) in [5.74, 6) is -9.24. The number of aliphatic hydroxyl groups excluding tert-OH is 1. The molecule has 18 nitrogen and oxygen atoms in total. The van der Waals surface area contributed by atoms with Crippen molar-refractivity contribution in [1.29, 1.82) is 0 Å². The summed E-state index contributed by atoms with van der Waals surface area (Å²) >= 11 is 0. The molecule has 2 N–H and O–H groups in total. The van der Waals surface area contributed by atoms with Crippen LogP contribution in [0.2, 0.25) is 0 Å². The molecule has 76 heavy (non-hydrogen) atoms. The highest BCUT2D eigenvalue weighted by atomic mass is 16.8. The van der Waals surface area contributed by atoms with Gasteiger partial charge in [-0.15, -0.1) is 0 Å². The summed E-state index contributed by atoms with van der Waals surface area (Å²) in [4.78, 5) is 85.4. The van der Waals surface area contributed by atoms with Crippen LogP contribution in [0, 0.1) is 35.5 Å². The molecule has 3 saturated heterocycles. The van der Waals surface area contributed by atoms with Gasteiger partial charge < -0.3 is 57.7 Å². The summed E-state index contributed by atoms with van der Waals surface area (Å²) in [6.07, 6.45) is 8.92. The second-order valence-corrected chi connectivity index (χ2v) is 22.7. The number of aliphatic hydroxyl groups is 2. The van der Waals surface area contributed by atoms with E-state index in [1.807, 2.05) is 51.2 Å². The molecule has 0 aromatic carbocycles. The van der Waals surface area contributed by atoms with E-state index in [0.29, 0.717) is 69.8 Å². The number of carbonyl (C=O) groups is 6. The van der Waals surface area contributed by atoms with Crippen LogP contribution in [0.15, 0.2) is 47.6 Å². The molecule has 4 heterocycles. The van der Waals surface area contributed by atoms with Crippen LogP contribution in [0.5, 0.6) is 0 Å². The molecule has 0 aromatic heterocycles. The summed E-state index contributed by atoms with van der Waals surface area (Å²) in [5, 5.41) is 23.6. The number of hydrogen-bond acceptors (Lipinski definition) is 17. The number of Topliss-reactive ketones (excluding diaryl/α,β-unsaturated/α-hetero) is 3. The van der Waals surface area contributed by atoms with Crippen molar-refractivity contribution < 1.29 is 81.6 Å². The third kappa shape index (κ3) is 16.9. The summed E-state index contributed by atoms with van der Waals surface area (Å²) in [6, 6.07) is -1.19. The van der Waals surface area contributed by atoms with Crippen LogP contribution in [-0.4, -0.2) is 158 Å². The molecule has 1 aliphatic carbocycles. The first-order valence-electron chi connectivity index (χ1n) is 27.6. The zero-order valence-corrected chi connectivity index (χ0v) is 47.2. The van der Waals surface area contributed by atoms with Crippen LogP contribution in [0.4, 0.5) is 4.79 Å². The number of nitrogens with zero attached hydrogens (tertiary/aromatic N) is 1. The smallest absolute Gasteiger partial charge is 0.460 e. The molecular formula is C58H89NO17. The fourth-order valence-corrected chi connectivity index (χ4v) is 11.4. The Hall–Kier alpha value is -4.14. The highest BCUT2D eigenvalue weighted by Crippen LogP contribution is 2.38. The summed E-state index contributed by atoms with van der Waals surface area (Å²) in [6.45, 7) is 16.4. The molecule has 428 valence electrons. The van der Waals surface area contributed by atoms with E-state index >= 15 is 0 Å². The van der Waals surface area contributed by atoms with Gasteiger partial charge in [-0.3, -0.25) is 19.2 Å². The predicted octanol–water partition coefficient (Wildman–Crippen LogP) is 7.49. The number of ketones is 3. The van der Waals surface area contributed by atoms with Crippen molar-refractivity contribution >= 4 is 35.4 Å². The second-order valence-electron chi connectivity index (χ2n) is 22.7. The van der Waals surface area contributed by atoms with Crippen molar-refractivity contribution in [3.05, 3.63) is 47.6 Å². The molecular weight excluding hydrogens is 983 g/mol. The molecule has 5 rings (SSSR count). The minimum Gasteiger partial charge on any atom is -0.460 e. The maximum Gasteiger partial charge on any atom is 0.508 e. The van der Waals surface area contributed by atoms with Crippen molar-refractivity contribution in [2.24, 2.45) is 35.5 Å². The zero-order chi connectivity index (χ0) is 56.1. The van der Waals surface area contributed by atoms with E-state index in [1.54, 1.807) is 61.8 Å². The summed E-state index contributed by atoms with van der Waals surface area (Å²) in [7, 11) is 4.48. The monoisotopic (exact) mass is 1070 g/mol. The van der Waals surface area contributed by atoms with Gasteiger partial charge in [-0.1, -0.05) is 71.1 Å². The summed E-state index contributed by atoms with van der Waals surface area (Å²) in [5.41, 5.74) is 1.23. The molecule has 4 aliphatic heterocycles. The van der Waals surface area contributed by atoms with Gasteiger partial charge in [-0.05, 0) is 121 Å². The number of methoxy groups -OCH3 is 3. The lowest BCUT2D eigenvalue weighted by Crippen LogP contribution is -2.61. The first kappa shape index (κ1) is 62.7. The molecule has 0 aromatic rings. The Morgan fingerprint density at radius 3 is 2.26 bits per heavy atom. The molecule has 3 unspecified atom stereocenters. The van der Waals surface area contributed by atoms with Gasteiger partial charge in [0.1, 0.15) is 49.0 Å². The van der Waals surface area contributed by atoms with Gasteiger partial charge in [-0.2, -0.15) is 0 Å². The van der Waals surface area contributed by atoms with E-state index in [-0.39, 0.29) is 56.0 Å². The van der Waals surface area contributed by atoms with Crippen molar-refractivity contribution in [2.75, 3.05) is 41.1 Å². The Labute approximate surface area is 450 Å². The van der Waals surface area contributed by atoms with Crippen LogP contribution in [0.1, 0.15) is 139 Å². The van der Waals surface area contributed by atoms with Gasteiger partial charge in [0.25, 0.3) is 11.7 Å². The van der Waals surface area contributed by atoms with Gasteiger partial charge in [0, 0.05) is 58.5 Å². The average Bonchev–Trinajstić information content (AvgIpc) is 3.75. The number of ether oxygens (including phenoxy) is 9. The summed E-state index contributed by atoms with van der Waals surface area (Å²) < 4.78 is 52.2. The number of fused-ring (bicyclic) bond motifs is 3. The number of piperidine rings is 1. The minimum atomic E-state index is -2.46. The lowest BCUT2D eigenvalue weighted by Gasteiger charge is -2.42. The van der Waals surface area contributed by atoms with Crippen molar-refractivity contribution in [1.82, 2.24) is 4.90 Å². The molecule has 1 amide bonds. The van der Waals surface area contributed by atoms with Crippen LogP contribution in [0.25, 0.3) is 0 Å². The van der Waals surface area contributed by atoms with Gasteiger partial charge in [0.05, 0.1) is 24.9 Å². The topological polar surface area (TPSA) is 229 Å². The van der Waals surface area contributed by atoms with Crippen LogP contribution < -0.4 is 0 Å². The molecule has 1 saturated carbocycles. The molecule has 18 heteroatoms. The van der Waals surface area contributed by atoms with Crippen molar-refractivity contribution in [3.63, 3.8) is 0 Å². The fraction of sp³-hybridized carbons (Fsp3) is 0.759. The Bertz CT molecular complexity index is 2120. The number of allylic oxidation sites excluding steroid dienone is 6. The first-order valence-corrected chi connectivity index (χ1v) is 27.6. The van der Waals surface area contributed by atoms with Gasteiger partial charge in [-0.25, -0.2) is 9.59 Å². The lowest BCUT2D eigenvalue weighted by atomic mass is 9.78. The van der Waals surface area contributed by atoms with Crippen LogP contribution >= 0.6 is 0 Å². The molecule has 16 atom stereocenters. The van der Waals surface area contributed by atoms with E-state index in [4.69, 9.17) is 42.6 Å². The average molecular weight is 1070 g/mol. The van der Waals surface area contributed by atoms with Gasteiger partial charge in [0.2, 0.25) is 5.79 Å². The third-order valence-corrected chi connectivity index (χ3v) is 16.2. The van der Waals surface area contributed by atoms with Crippen LogP contribution in [-0.2, 0) is 66.6 Å². The molecule has 4 fully saturated rings. The van der Waals surface area contributed by atoms with E-state index in [9.17, 15) is 39.0 Å². The first-order chi connectivity index (χ1) is 35.9. The molecule has 2 bridgehead atoms. The number of rotatable bonds is 9. The number of carbonyl (C=O) groups excluding carboxylic acids is 6. The van der Waals surface area contributed by atoms with Gasteiger partial charge >= 0.3 is 12.1 Å². The molecule has 0 radical (unpaired) electrons. The standard InChI is InChI=1S/C58H89NO17/c1-34-18-14-13-15-19-35(2)47(68-10)30-42-23-21-40(7)58(67,76-42)53(63)54(64)59-25-17-16-20-44(59)55(65)73-48(31-45(60)36(3)27-39(6)51(62)52(70-12)50(61)38(5)26-34)37(4)28-41-22-24-46(49(29-41)69-11)74-56(66)71-32-43-33-72-57(8,9)75-43/h13-15,18-19,27,34,36-38,40-44,46-49,51-52,62,67H,16-17,20-26,28-33H2,1-12H3/t34-,36-,37-,38-,40-,41+,42?,43?,44?,46-,47+,48+,49-,51-,52+,58-/m1/s1. The SMILES string of the molecule is CO[C@H]1CC2CC[C@@H](C)[C@@](O)(O2)C(=O)C(=O)N2CCCCC2C(=O)O[C@H]([C@H](C)C[C@@H]2CC[C@@H](OC(=O)OCC3COC(C)(C)O3)[C@H](OC)C2)CC(=O)[C@H](C)C=C(C)[C@@H](O)[C@@H](OC)C(=O)[C@H](C)C[C@H](C)C=CC=CC=C1C. The third-order valence-electron chi connectivity index (χ3n) is 16.2. The quantitative estimate of drug-likeness (QED) is 0.129. The maximum absolute atomic E-state index is 14.6. The van der Waals surface area contributed by atoms with Gasteiger partial charge in [0.15, 0.2) is 11.6 Å². The number of amides is 1. The van der Waals surface area contributed by atoms with E-state index in [0.717, 1.165) is 5.57 Å². The van der Waals surface area contributed by atoms with Crippen LogP contribution in [0.3, 0.4) is 0 Å². The van der Waals surface area contributed by atoms with E-state index in [2.05, 4.69) is 0 Å². The van der Waals surface area contributed by atoms with E-state index in [1.165, 1.54) is 12.0 Å². The Morgan fingerprint density at radius 1 is 0.855 bits per heavy atom.